The van der Waals surface area contributed by atoms with Crippen molar-refractivity contribution in [2.45, 2.75) is 13.5 Å². The van der Waals surface area contributed by atoms with Crippen molar-refractivity contribution in [3.05, 3.63) is 40.5 Å². The van der Waals surface area contributed by atoms with Gasteiger partial charge in [0.15, 0.2) is 6.29 Å². The summed E-state index contributed by atoms with van der Waals surface area (Å²) in [5.74, 6) is 0. The highest BCUT2D eigenvalue weighted by Crippen LogP contribution is 2.22. The van der Waals surface area contributed by atoms with Crippen LogP contribution in [0.25, 0.3) is 11.3 Å². The van der Waals surface area contributed by atoms with Gasteiger partial charge in [0.2, 0.25) is 0 Å². The Hall–Kier alpha value is -1.42. The number of benzene rings is 1. The maximum atomic E-state index is 10.9. The number of rotatable bonds is 3. The summed E-state index contributed by atoms with van der Waals surface area (Å²) in [4.78, 5) is 10.9. The zero-order chi connectivity index (χ0) is 11.5. The molecule has 4 heteroatoms. The van der Waals surface area contributed by atoms with Crippen LogP contribution in [0.2, 0.25) is 0 Å². The molecule has 2 aromatic rings. The number of hydrogen-bond donors (Lipinski definition) is 0. The summed E-state index contributed by atoms with van der Waals surface area (Å²) >= 11 is 3.38. The van der Waals surface area contributed by atoms with Gasteiger partial charge in [0, 0.05) is 22.8 Å². The fraction of sp³-hybridized carbons (Fsp3) is 0.167. The van der Waals surface area contributed by atoms with Crippen molar-refractivity contribution in [3.63, 3.8) is 0 Å². The summed E-state index contributed by atoms with van der Waals surface area (Å²) in [5.41, 5.74) is 2.33. The molecule has 3 nitrogen and oxygen atoms in total. The van der Waals surface area contributed by atoms with Gasteiger partial charge in [-0.25, -0.2) is 0 Å². The number of halogens is 1. The predicted molar refractivity (Wildman–Crippen MR) is 66.4 cm³/mol. The smallest absolute Gasteiger partial charge is 0.153 e. The quantitative estimate of drug-likeness (QED) is 0.809. The summed E-state index contributed by atoms with van der Waals surface area (Å²) in [6.45, 7) is 2.75. The van der Waals surface area contributed by atoms with E-state index in [0.29, 0.717) is 5.56 Å². The molecule has 0 bridgehead atoms. The number of carbonyl (C=O) groups is 1. The van der Waals surface area contributed by atoms with Crippen molar-refractivity contribution < 1.29 is 4.79 Å². The van der Waals surface area contributed by atoms with Crippen LogP contribution in [0.4, 0.5) is 0 Å². The first-order valence-corrected chi connectivity index (χ1v) is 5.82. The Bertz CT molecular complexity index is 502. The number of aromatic nitrogens is 2. The molecule has 0 fully saturated rings. The van der Waals surface area contributed by atoms with Gasteiger partial charge in [-0.15, -0.1) is 0 Å². The highest BCUT2D eigenvalue weighted by molar-refractivity contribution is 9.10. The Morgan fingerprint density at radius 1 is 1.38 bits per heavy atom. The van der Waals surface area contributed by atoms with Gasteiger partial charge in [-0.1, -0.05) is 28.1 Å². The fourth-order valence-electron chi connectivity index (χ4n) is 1.52. The average molecular weight is 279 g/mol. The van der Waals surface area contributed by atoms with Crippen LogP contribution >= 0.6 is 15.9 Å². The molecule has 0 saturated heterocycles. The molecule has 2 rings (SSSR count). The van der Waals surface area contributed by atoms with Gasteiger partial charge in [-0.3, -0.25) is 9.48 Å². The Morgan fingerprint density at radius 2 is 2.06 bits per heavy atom. The largest absolute Gasteiger partial charge is 0.298 e. The second kappa shape index (κ2) is 4.61. The van der Waals surface area contributed by atoms with Crippen LogP contribution in [0, 0.1) is 0 Å². The minimum absolute atomic E-state index is 0.629. The van der Waals surface area contributed by atoms with Gasteiger partial charge in [0.1, 0.15) is 5.69 Å². The van der Waals surface area contributed by atoms with Crippen LogP contribution in [-0.4, -0.2) is 16.1 Å². The molecule has 0 atom stereocenters. The molecule has 1 aromatic heterocycles. The van der Waals surface area contributed by atoms with Gasteiger partial charge in [-0.2, -0.15) is 5.10 Å². The number of carbonyl (C=O) groups excluding carboxylic acids is 1. The summed E-state index contributed by atoms with van der Waals surface area (Å²) in [6.07, 6.45) is 2.61. The molecule has 0 amide bonds. The maximum Gasteiger partial charge on any atom is 0.153 e. The molecule has 0 radical (unpaired) electrons. The van der Waals surface area contributed by atoms with E-state index in [1.165, 1.54) is 0 Å². The van der Waals surface area contributed by atoms with Crippen LogP contribution in [0.5, 0.6) is 0 Å². The third kappa shape index (κ3) is 2.07. The minimum Gasteiger partial charge on any atom is -0.298 e. The van der Waals surface area contributed by atoms with Gasteiger partial charge >= 0.3 is 0 Å². The summed E-state index contributed by atoms with van der Waals surface area (Å²) in [5, 5.41) is 4.37. The van der Waals surface area contributed by atoms with E-state index in [1.807, 2.05) is 31.2 Å². The van der Waals surface area contributed by atoms with E-state index < -0.39 is 0 Å². The van der Waals surface area contributed by atoms with Crippen molar-refractivity contribution in [3.8, 4) is 11.3 Å². The number of hydrogen-bond acceptors (Lipinski definition) is 2. The molecule has 82 valence electrons. The first-order valence-electron chi connectivity index (χ1n) is 5.03. The topological polar surface area (TPSA) is 34.9 Å². The highest BCUT2D eigenvalue weighted by atomic mass is 79.9. The van der Waals surface area contributed by atoms with Gasteiger partial charge in [0.05, 0.1) is 5.56 Å². The molecule has 0 spiro atoms. The van der Waals surface area contributed by atoms with Gasteiger partial charge in [-0.05, 0) is 19.1 Å². The number of nitrogens with zero attached hydrogens (tertiary/aromatic N) is 2. The van der Waals surface area contributed by atoms with Crippen LogP contribution in [-0.2, 0) is 6.54 Å². The van der Waals surface area contributed by atoms with Gasteiger partial charge < -0.3 is 0 Å². The van der Waals surface area contributed by atoms with Crippen molar-refractivity contribution in [2.75, 3.05) is 0 Å². The Balaban J connectivity index is 2.49. The van der Waals surface area contributed by atoms with E-state index in [-0.39, 0.29) is 0 Å². The van der Waals surface area contributed by atoms with Crippen LogP contribution in [0.15, 0.2) is 34.9 Å². The van der Waals surface area contributed by atoms with Crippen molar-refractivity contribution >= 4 is 22.2 Å². The normalized spacial score (nSPS) is 10.4. The molecule has 0 N–H and O–H groups in total. The van der Waals surface area contributed by atoms with Crippen molar-refractivity contribution in [2.24, 2.45) is 0 Å². The second-order valence-electron chi connectivity index (χ2n) is 3.41. The molecular weight excluding hydrogens is 268 g/mol. The van der Waals surface area contributed by atoms with Crippen LogP contribution in [0.1, 0.15) is 17.3 Å². The highest BCUT2D eigenvalue weighted by Gasteiger charge is 2.09. The Kier molecular flexibility index (Phi) is 3.19. The predicted octanol–water partition coefficient (Wildman–Crippen LogP) is 3.15. The molecule has 0 unspecified atom stereocenters. The monoisotopic (exact) mass is 278 g/mol. The molecule has 16 heavy (non-hydrogen) atoms. The molecule has 0 aliphatic heterocycles. The molecule has 1 heterocycles. The SMILES string of the molecule is CCn1cc(C=O)c(-c2ccc(Br)cc2)n1. The van der Waals surface area contributed by atoms with Crippen LogP contribution in [0.3, 0.4) is 0 Å². The zero-order valence-corrected chi connectivity index (χ0v) is 10.4. The molecule has 0 aliphatic rings. The van der Waals surface area contributed by atoms with E-state index in [4.69, 9.17) is 0 Å². The van der Waals surface area contributed by atoms with Crippen LogP contribution < -0.4 is 0 Å². The lowest BCUT2D eigenvalue weighted by molar-refractivity contribution is 0.112. The standard InChI is InChI=1S/C12H11BrN2O/c1-2-15-7-10(8-16)12(14-15)9-3-5-11(13)6-4-9/h3-8H,2H2,1H3. The van der Waals surface area contributed by atoms with Crippen molar-refractivity contribution in [1.82, 2.24) is 9.78 Å². The van der Waals surface area contributed by atoms with E-state index in [2.05, 4.69) is 21.0 Å². The average Bonchev–Trinajstić information content (AvgIpc) is 2.73. The Labute approximate surface area is 102 Å². The number of aryl methyl sites for hydroxylation is 1. The number of aldehydes is 1. The Morgan fingerprint density at radius 3 is 2.62 bits per heavy atom. The second-order valence-corrected chi connectivity index (χ2v) is 4.33. The lowest BCUT2D eigenvalue weighted by Crippen LogP contribution is -1.93. The summed E-state index contributed by atoms with van der Waals surface area (Å²) in [6, 6.07) is 7.77. The summed E-state index contributed by atoms with van der Waals surface area (Å²) in [7, 11) is 0. The van der Waals surface area contributed by atoms with E-state index >= 15 is 0 Å². The van der Waals surface area contributed by atoms with E-state index in [1.54, 1.807) is 10.9 Å². The first kappa shape index (κ1) is 11.1. The summed E-state index contributed by atoms with van der Waals surface area (Å²) < 4.78 is 2.78. The third-order valence-corrected chi connectivity index (χ3v) is 2.89. The van der Waals surface area contributed by atoms with Gasteiger partial charge in [0.25, 0.3) is 0 Å². The molecule has 0 aliphatic carbocycles. The third-order valence-electron chi connectivity index (χ3n) is 2.36. The van der Waals surface area contributed by atoms with E-state index in [9.17, 15) is 4.79 Å². The zero-order valence-electron chi connectivity index (χ0n) is 8.85. The minimum atomic E-state index is 0.629. The maximum absolute atomic E-state index is 10.9. The lowest BCUT2D eigenvalue weighted by atomic mass is 10.1. The molecule has 0 saturated carbocycles. The van der Waals surface area contributed by atoms with Crippen molar-refractivity contribution in [1.29, 1.82) is 0 Å². The van der Waals surface area contributed by atoms with E-state index in [0.717, 1.165) is 28.6 Å². The fourth-order valence-corrected chi connectivity index (χ4v) is 1.78. The molecular formula is C12H11BrN2O. The first-order chi connectivity index (χ1) is 7.74. The lowest BCUT2D eigenvalue weighted by Gasteiger charge is -1.98. The molecule has 1 aromatic carbocycles.